The fraction of sp³-hybridized carbons (Fsp3) is 0.368. The molecule has 0 radical (unpaired) electrons. The summed E-state index contributed by atoms with van der Waals surface area (Å²) >= 11 is 0. The van der Waals surface area contributed by atoms with Crippen LogP contribution in [0, 0.1) is 22.9 Å². The number of aliphatic hydroxyl groups is 1. The molecular weight excluding hydrogens is 339 g/mol. The Labute approximate surface area is 151 Å². The zero-order valence-electron chi connectivity index (χ0n) is 14.5. The Kier molecular flexibility index (Phi) is 5.37. The minimum absolute atomic E-state index is 0.00135. The molecule has 0 aromatic heterocycles. The summed E-state index contributed by atoms with van der Waals surface area (Å²) < 4.78 is 19.6. The maximum absolute atomic E-state index is 14.1. The number of aryl methyl sites for hydroxylation is 1. The molecule has 0 bridgehead atoms. The zero-order valence-corrected chi connectivity index (χ0v) is 14.5. The molecule has 2 aromatic rings. The maximum Gasteiger partial charge on any atom is 0.273 e. The molecule has 3 rings (SSSR count). The summed E-state index contributed by atoms with van der Waals surface area (Å²) in [5.74, 6) is 0.122. The Morgan fingerprint density at radius 3 is 2.96 bits per heavy atom. The van der Waals surface area contributed by atoms with Crippen LogP contribution >= 0.6 is 0 Å². The van der Waals surface area contributed by atoms with E-state index in [4.69, 9.17) is 4.74 Å². The van der Waals surface area contributed by atoms with E-state index in [1.54, 1.807) is 12.1 Å². The number of nitro groups is 1. The number of fused-ring (bicyclic) bond motifs is 1. The van der Waals surface area contributed by atoms with Crippen molar-refractivity contribution in [3.8, 4) is 5.75 Å². The number of hydrogen-bond acceptors (Lipinski definition) is 5. The van der Waals surface area contributed by atoms with Crippen LogP contribution < -0.4 is 9.64 Å². The van der Waals surface area contributed by atoms with Crippen LogP contribution in [0.4, 0.5) is 15.8 Å². The van der Waals surface area contributed by atoms with E-state index >= 15 is 0 Å². The lowest BCUT2D eigenvalue weighted by Gasteiger charge is -2.34. The highest BCUT2D eigenvalue weighted by Crippen LogP contribution is 2.32. The van der Waals surface area contributed by atoms with Gasteiger partial charge in [-0.3, -0.25) is 10.1 Å². The zero-order chi connectivity index (χ0) is 18.7. The van der Waals surface area contributed by atoms with Gasteiger partial charge in [0.15, 0.2) is 0 Å². The van der Waals surface area contributed by atoms with Crippen molar-refractivity contribution >= 4 is 11.4 Å². The molecule has 26 heavy (non-hydrogen) atoms. The SMILES string of the molecule is Cc1ccc(F)c2c1N(CC(O)COc1cccc([N+](=O)[O-])c1)CCC2. The van der Waals surface area contributed by atoms with Crippen molar-refractivity contribution < 1.29 is 19.2 Å². The summed E-state index contributed by atoms with van der Waals surface area (Å²) in [5, 5.41) is 21.1. The average molecular weight is 360 g/mol. The fourth-order valence-corrected chi connectivity index (χ4v) is 3.33. The number of nitrogens with zero attached hydrogens (tertiary/aromatic N) is 2. The van der Waals surface area contributed by atoms with Gasteiger partial charge in [0.05, 0.1) is 11.0 Å². The fourth-order valence-electron chi connectivity index (χ4n) is 3.33. The van der Waals surface area contributed by atoms with Crippen molar-refractivity contribution in [2.45, 2.75) is 25.9 Å². The number of ether oxygens (including phenoxy) is 1. The molecule has 7 heteroatoms. The Hall–Kier alpha value is -2.67. The van der Waals surface area contributed by atoms with Crippen LogP contribution in [-0.2, 0) is 6.42 Å². The second kappa shape index (κ2) is 7.70. The van der Waals surface area contributed by atoms with E-state index in [1.807, 2.05) is 11.8 Å². The van der Waals surface area contributed by atoms with Crippen LogP contribution in [0.2, 0.25) is 0 Å². The van der Waals surface area contributed by atoms with Gasteiger partial charge in [0, 0.05) is 30.4 Å². The van der Waals surface area contributed by atoms with Crippen LogP contribution in [0.5, 0.6) is 5.75 Å². The summed E-state index contributed by atoms with van der Waals surface area (Å²) in [5.41, 5.74) is 2.47. The van der Waals surface area contributed by atoms with Crippen LogP contribution in [0.25, 0.3) is 0 Å². The third-order valence-corrected chi connectivity index (χ3v) is 4.50. The molecule has 6 nitrogen and oxygen atoms in total. The van der Waals surface area contributed by atoms with Crippen molar-refractivity contribution in [2.75, 3.05) is 24.6 Å². The lowest BCUT2D eigenvalue weighted by atomic mass is 9.97. The first-order valence-corrected chi connectivity index (χ1v) is 8.54. The van der Waals surface area contributed by atoms with E-state index in [2.05, 4.69) is 0 Å². The second-order valence-electron chi connectivity index (χ2n) is 6.46. The van der Waals surface area contributed by atoms with Gasteiger partial charge in [-0.15, -0.1) is 0 Å². The minimum atomic E-state index is -0.803. The van der Waals surface area contributed by atoms with E-state index < -0.39 is 11.0 Å². The first-order chi connectivity index (χ1) is 12.5. The van der Waals surface area contributed by atoms with Gasteiger partial charge in [-0.1, -0.05) is 12.1 Å². The first-order valence-electron chi connectivity index (χ1n) is 8.54. The molecule has 0 saturated carbocycles. The topological polar surface area (TPSA) is 75.8 Å². The maximum atomic E-state index is 14.1. The summed E-state index contributed by atoms with van der Waals surface area (Å²) in [4.78, 5) is 12.3. The average Bonchev–Trinajstić information content (AvgIpc) is 2.63. The normalized spacial score (nSPS) is 14.7. The van der Waals surface area contributed by atoms with Gasteiger partial charge in [-0.25, -0.2) is 4.39 Å². The minimum Gasteiger partial charge on any atom is -0.491 e. The quantitative estimate of drug-likeness (QED) is 0.632. The second-order valence-corrected chi connectivity index (χ2v) is 6.46. The molecule has 1 N–H and O–H groups in total. The number of non-ortho nitro benzene ring substituents is 1. The molecule has 138 valence electrons. The van der Waals surface area contributed by atoms with Crippen LogP contribution in [0.15, 0.2) is 36.4 Å². The molecule has 1 atom stereocenters. The predicted molar refractivity (Wildman–Crippen MR) is 96.3 cm³/mol. The highest BCUT2D eigenvalue weighted by Gasteiger charge is 2.24. The molecule has 2 aromatic carbocycles. The summed E-state index contributed by atoms with van der Waals surface area (Å²) in [7, 11) is 0. The standard InChI is InChI=1S/C19H21FN2O4/c1-13-7-8-18(20)17-6-3-9-21(19(13)17)11-15(23)12-26-16-5-2-4-14(10-16)22(24)25/h2,4-5,7-8,10,15,23H,3,6,9,11-12H2,1H3. The van der Waals surface area contributed by atoms with E-state index in [1.165, 1.54) is 24.3 Å². The Bertz CT molecular complexity index is 812. The molecule has 0 saturated heterocycles. The number of hydrogen-bond donors (Lipinski definition) is 1. The number of benzene rings is 2. The Morgan fingerprint density at radius 2 is 2.19 bits per heavy atom. The van der Waals surface area contributed by atoms with Gasteiger partial charge >= 0.3 is 0 Å². The Morgan fingerprint density at radius 1 is 1.38 bits per heavy atom. The third kappa shape index (κ3) is 3.94. The predicted octanol–water partition coefficient (Wildman–Crippen LogP) is 3.23. The molecule has 1 unspecified atom stereocenters. The Balaban J connectivity index is 1.65. The number of aliphatic hydroxyl groups excluding tert-OH is 1. The van der Waals surface area contributed by atoms with Crippen LogP contribution in [-0.4, -0.2) is 35.8 Å². The van der Waals surface area contributed by atoms with E-state index in [-0.39, 0.29) is 18.1 Å². The van der Waals surface area contributed by atoms with Gasteiger partial charge in [-0.05, 0) is 37.5 Å². The number of nitro benzene ring substituents is 1. The molecule has 0 spiro atoms. The molecule has 0 amide bonds. The molecule has 1 aliphatic heterocycles. The molecule has 0 fully saturated rings. The molecule has 0 aliphatic carbocycles. The number of β-amino-alcohol motifs (C(OH)–C–C–N with tert-alkyl or cyclic N) is 1. The lowest BCUT2D eigenvalue weighted by molar-refractivity contribution is -0.384. The molecule has 1 aliphatic rings. The first kappa shape index (κ1) is 18.1. The van der Waals surface area contributed by atoms with Gasteiger partial charge in [0.1, 0.15) is 24.3 Å². The van der Waals surface area contributed by atoms with Crippen molar-refractivity contribution in [1.82, 2.24) is 0 Å². The highest BCUT2D eigenvalue weighted by molar-refractivity contribution is 5.61. The van der Waals surface area contributed by atoms with E-state index in [0.717, 1.165) is 24.2 Å². The van der Waals surface area contributed by atoms with Crippen LogP contribution in [0.3, 0.4) is 0 Å². The van der Waals surface area contributed by atoms with E-state index in [9.17, 15) is 19.6 Å². The van der Waals surface area contributed by atoms with Crippen molar-refractivity contribution in [3.05, 3.63) is 63.5 Å². The summed E-state index contributed by atoms with van der Waals surface area (Å²) in [6.45, 7) is 2.99. The van der Waals surface area contributed by atoms with E-state index in [0.29, 0.717) is 24.3 Å². The number of halogens is 1. The summed E-state index contributed by atoms with van der Waals surface area (Å²) in [6, 6.07) is 9.08. The van der Waals surface area contributed by atoms with Crippen molar-refractivity contribution in [1.29, 1.82) is 0 Å². The number of anilines is 1. The van der Waals surface area contributed by atoms with Crippen LogP contribution in [0.1, 0.15) is 17.5 Å². The smallest absolute Gasteiger partial charge is 0.273 e. The molecule has 1 heterocycles. The largest absolute Gasteiger partial charge is 0.491 e. The van der Waals surface area contributed by atoms with Gasteiger partial charge < -0.3 is 14.7 Å². The summed E-state index contributed by atoms with van der Waals surface area (Å²) in [6.07, 6.45) is 0.716. The van der Waals surface area contributed by atoms with Crippen molar-refractivity contribution in [2.24, 2.45) is 0 Å². The van der Waals surface area contributed by atoms with Crippen molar-refractivity contribution in [3.63, 3.8) is 0 Å². The molecular formula is C19H21FN2O4. The monoisotopic (exact) mass is 360 g/mol. The van der Waals surface area contributed by atoms with Gasteiger partial charge in [0.2, 0.25) is 0 Å². The number of rotatable bonds is 6. The van der Waals surface area contributed by atoms with Gasteiger partial charge in [-0.2, -0.15) is 0 Å². The third-order valence-electron chi connectivity index (χ3n) is 4.50. The lowest BCUT2D eigenvalue weighted by Crippen LogP contribution is -2.39. The van der Waals surface area contributed by atoms with Gasteiger partial charge in [0.25, 0.3) is 5.69 Å². The highest BCUT2D eigenvalue weighted by atomic mass is 19.1.